The maximum Gasteiger partial charge on any atom is 0.152 e. The Balaban J connectivity index is 2.11. The second-order valence-corrected chi connectivity index (χ2v) is 4.73. The second kappa shape index (κ2) is 6.63. The van der Waals surface area contributed by atoms with Gasteiger partial charge in [0.2, 0.25) is 0 Å². The van der Waals surface area contributed by atoms with E-state index in [0.717, 1.165) is 38.3 Å². The highest BCUT2D eigenvalue weighted by Crippen LogP contribution is 2.21. The van der Waals surface area contributed by atoms with Gasteiger partial charge in [-0.05, 0) is 31.2 Å². The molecule has 1 saturated heterocycles. The number of rotatable bonds is 4. The van der Waals surface area contributed by atoms with Crippen LogP contribution in [0.2, 0.25) is 0 Å². The molecule has 0 aliphatic carbocycles. The molecule has 1 heterocycles. The molecule has 0 radical (unpaired) electrons. The summed E-state index contributed by atoms with van der Waals surface area (Å²) in [5, 5.41) is 8.96. The molecule has 5 heteroatoms. The van der Waals surface area contributed by atoms with Gasteiger partial charge in [-0.3, -0.25) is 9.69 Å². The van der Waals surface area contributed by atoms with Crippen molar-refractivity contribution in [3.8, 4) is 0 Å². The highest BCUT2D eigenvalue weighted by molar-refractivity contribution is 5.84. The van der Waals surface area contributed by atoms with E-state index in [-0.39, 0.29) is 12.4 Å². The van der Waals surface area contributed by atoms with Gasteiger partial charge in [-0.25, -0.2) is 4.39 Å². The largest absolute Gasteiger partial charge is 0.395 e. The molecule has 1 N–H and O–H groups in total. The van der Waals surface area contributed by atoms with Crippen molar-refractivity contribution in [1.29, 1.82) is 0 Å². The molecule has 4 nitrogen and oxygen atoms in total. The summed E-state index contributed by atoms with van der Waals surface area (Å²) in [4.78, 5) is 15.3. The Morgan fingerprint density at radius 2 is 2.11 bits per heavy atom. The van der Waals surface area contributed by atoms with Crippen molar-refractivity contribution in [2.45, 2.75) is 6.42 Å². The van der Waals surface area contributed by atoms with Crippen LogP contribution in [0.15, 0.2) is 18.2 Å². The van der Waals surface area contributed by atoms with Crippen LogP contribution in [0.3, 0.4) is 0 Å². The minimum atomic E-state index is -0.387. The average molecular weight is 266 g/mol. The minimum Gasteiger partial charge on any atom is -0.395 e. The first kappa shape index (κ1) is 14.0. The molecule has 1 aromatic carbocycles. The number of carbonyl (C=O) groups is 1. The first-order valence-electron chi connectivity index (χ1n) is 6.57. The lowest BCUT2D eigenvalue weighted by Gasteiger charge is -2.24. The van der Waals surface area contributed by atoms with Crippen LogP contribution in [-0.2, 0) is 0 Å². The molecule has 0 atom stereocenters. The summed E-state index contributed by atoms with van der Waals surface area (Å²) in [6, 6.07) is 4.33. The van der Waals surface area contributed by atoms with Gasteiger partial charge in [0.1, 0.15) is 5.82 Å². The van der Waals surface area contributed by atoms with Crippen LogP contribution >= 0.6 is 0 Å². The molecule has 0 amide bonds. The van der Waals surface area contributed by atoms with Crippen molar-refractivity contribution in [3.05, 3.63) is 29.6 Å². The summed E-state index contributed by atoms with van der Waals surface area (Å²) in [5.41, 5.74) is 1.19. The van der Waals surface area contributed by atoms with Gasteiger partial charge in [-0.2, -0.15) is 0 Å². The van der Waals surface area contributed by atoms with Crippen molar-refractivity contribution in [2.24, 2.45) is 0 Å². The van der Waals surface area contributed by atoms with E-state index in [2.05, 4.69) is 9.80 Å². The zero-order valence-corrected chi connectivity index (χ0v) is 10.9. The summed E-state index contributed by atoms with van der Waals surface area (Å²) < 4.78 is 13.1. The molecular weight excluding hydrogens is 247 g/mol. The molecule has 1 aliphatic heterocycles. The number of nitrogens with zero attached hydrogens (tertiary/aromatic N) is 2. The first-order chi connectivity index (χ1) is 9.24. The van der Waals surface area contributed by atoms with Crippen molar-refractivity contribution < 1.29 is 14.3 Å². The number of hydrogen-bond acceptors (Lipinski definition) is 4. The number of hydrogen-bond donors (Lipinski definition) is 1. The van der Waals surface area contributed by atoms with Crippen molar-refractivity contribution >= 4 is 12.0 Å². The Bertz CT molecular complexity index is 439. The molecule has 0 bridgehead atoms. The number of benzene rings is 1. The summed E-state index contributed by atoms with van der Waals surface area (Å²) in [5.74, 6) is -0.387. The summed E-state index contributed by atoms with van der Waals surface area (Å²) in [6.07, 6.45) is 1.67. The third-order valence-corrected chi connectivity index (χ3v) is 3.46. The van der Waals surface area contributed by atoms with Crippen LogP contribution in [0.1, 0.15) is 16.8 Å². The number of aldehydes is 1. The van der Waals surface area contributed by atoms with Crippen LogP contribution in [0.25, 0.3) is 0 Å². The monoisotopic (exact) mass is 266 g/mol. The lowest BCUT2D eigenvalue weighted by Crippen LogP contribution is -2.32. The average Bonchev–Trinajstić information content (AvgIpc) is 2.65. The van der Waals surface area contributed by atoms with Crippen LogP contribution in [0.4, 0.5) is 10.1 Å². The van der Waals surface area contributed by atoms with Gasteiger partial charge >= 0.3 is 0 Å². The normalized spacial score (nSPS) is 17.3. The predicted molar refractivity (Wildman–Crippen MR) is 72.1 cm³/mol. The number of carbonyl (C=O) groups excluding carboxylic acids is 1. The number of anilines is 1. The fourth-order valence-corrected chi connectivity index (χ4v) is 2.48. The highest BCUT2D eigenvalue weighted by Gasteiger charge is 2.17. The van der Waals surface area contributed by atoms with Crippen molar-refractivity contribution in [3.63, 3.8) is 0 Å². The third-order valence-electron chi connectivity index (χ3n) is 3.46. The van der Waals surface area contributed by atoms with Gasteiger partial charge < -0.3 is 10.0 Å². The van der Waals surface area contributed by atoms with E-state index >= 15 is 0 Å². The Morgan fingerprint density at radius 3 is 2.84 bits per heavy atom. The topological polar surface area (TPSA) is 43.8 Å². The highest BCUT2D eigenvalue weighted by atomic mass is 19.1. The lowest BCUT2D eigenvalue weighted by atomic mass is 10.1. The Kier molecular flexibility index (Phi) is 4.87. The fourth-order valence-electron chi connectivity index (χ4n) is 2.48. The Morgan fingerprint density at radius 1 is 1.26 bits per heavy atom. The van der Waals surface area contributed by atoms with E-state index in [0.29, 0.717) is 18.4 Å². The molecule has 104 valence electrons. The minimum absolute atomic E-state index is 0.163. The van der Waals surface area contributed by atoms with Crippen LogP contribution in [0.5, 0.6) is 0 Å². The molecule has 0 saturated carbocycles. The smallest absolute Gasteiger partial charge is 0.152 e. The number of halogens is 1. The van der Waals surface area contributed by atoms with Gasteiger partial charge in [0.05, 0.1) is 6.61 Å². The maximum absolute atomic E-state index is 13.1. The van der Waals surface area contributed by atoms with Crippen LogP contribution in [0, 0.1) is 5.82 Å². The molecule has 0 aromatic heterocycles. The summed E-state index contributed by atoms with van der Waals surface area (Å²) in [6.45, 7) is 4.25. The number of aliphatic hydroxyl groups excluding tert-OH is 1. The van der Waals surface area contributed by atoms with E-state index in [1.165, 1.54) is 12.1 Å². The van der Waals surface area contributed by atoms with E-state index < -0.39 is 0 Å². The Labute approximate surface area is 112 Å². The summed E-state index contributed by atoms with van der Waals surface area (Å²) in [7, 11) is 0. The zero-order valence-electron chi connectivity index (χ0n) is 10.9. The number of β-amino-alcohol motifs (C(OH)–C–C–N with tert-alkyl or cyclic N) is 1. The van der Waals surface area contributed by atoms with Gasteiger partial charge in [0.15, 0.2) is 6.29 Å². The van der Waals surface area contributed by atoms with Crippen LogP contribution in [-0.4, -0.2) is 55.6 Å². The third kappa shape index (κ3) is 3.52. The maximum atomic E-state index is 13.1. The van der Waals surface area contributed by atoms with E-state index in [1.807, 2.05) is 0 Å². The molecule has 1 aliphatic rings. The molecule has 1 fully saturated rings. The molecule has 0 unspecified atom stereocenters. The van der Waals surface area contributed by atoms with Gasteiger partial charge in [0.25, 0.3) is 0 Å². The molecule has 2 rings (SSSR count). The molecule has 19 heavy (non-hydrogen) atoms. The van der Waals surface area contributed by atoms with Crippen molar-refractivity contribution in [1.82, 2.24) is 4.90 Å². The van der Waals surface area contributed by atoms with Crippen LogP contribution < -0.4 is 4.90 Å². The van der Waals surface area contributed by atoms with E-state index in [4.69, 9.17) is 5.11 Å². The molecule has 0 spiro atoms. The quantitative estimate of drug-likeness (QED) is 0.830. The fraction of sp³-hybridized carbons (Fsp3) is 0.500. The SMILES string of the molecule is O=Cc1cc(F)ccc1N1CCCN(CCO)CC1. The zero-order chi connectivity index (χ0) is 13.7. The lowest BCUT2D eigenvalue weighted by molar-refractivity contribution is 0.112. The van der Waals surface area contributed by atoms with Crippen molar-refractivity contribution in [2.75, 3.05) is 44.2 Å². The standard InChI is InChI=1S/C14H19FN2O2/c15-13-2-3-14(12(10-13)11-19)17-5-1-4-16(6-7-17)8-9-18/h2-3,10-11,18H,1,4-9H2. The van der Waals surface area contributed by atoms with E-state index in [1.54, 1.807) is 6.07 Å². The molecular formula is C14H19FN2O2. The second-order valence-electron chi connectivity index (χ2n) is 4.73. The van der Waals surface area contributed by atoms with Gasteiger partial charge in [-0.15, -0.1) is 0 Å². The van der Waals surface area contributed by atoms with Gasteiger partial charge in [-0.1, -0.05) is 0 Å². The first-order valence-corrected chi connectivity index (χ1v) is 6.57. The Hall–Kier alpha value is -1.46. The summed E-state index contributed by atoms with van der Waals surface area (Å²) >= 11 is 0. The predicted octanol–water partition coefficient (Wildman–Crippen LogP) is 1.14. The van der Waals surface area contributed by atoms with Gasteiger partial charge in [0, 0.05) is 37.4 Å². The van der Waals surface area contributed by atoms with E-state index in [9.17, 15) is 9.18 Å². The molecule has 1 aromatic rings. The number of aliphatic hydroxyl groups is 1.